The Labute approximate surface area is 102 Å². The summed E-state index contributed by atoms with van der Waals surface area (Å²) in [7, 11) is 0. The Bertz CT molecular complexity index is 428. The van der Waals surface area contributed by atoms with Crippen LogP contribution < -0.4 is 4.90 Å². The van der Waals surface area contributed by atoms with Crippen molar-refractivity contribution in [3.63, 3.8) is 0 Å². The standard InChI is InChI=1S/C14H19NO2/c1-10-9-12(6-7-13(10)14(16)17)15-8-4-3-5-11(15)2/h6-7,9,11H,3-5,8H2,1-2H3,(H,16,17). The minimum atomic E-state index is -0.847. The summed E-state index contributed by atoms with van der Waals surface area (Å²) < 4.78 is 0. The highest BCUT2D eigenvalue weighted by molar-refractivity contribution is 5.89. The maximum absolute atomic E-state index is 11.0. The molecular weight excluding hydrogens is 214 g/mol. The Morgan fingerprint density at radius 1 is 1.41 bits per heavy atom. The van der Waals surface area contributed by atoms with Crippen LogP contribution in [0.15, 0.2) is 18.2 Å². The highest BCUT2D eigenvalue weighted by Gasteiger charge is 2.19. The number of hydrogen-bond donors (Lipinski definition) is 1. The molecule has 0 bridgehead atoms. The monoisotopic (exact) mass is 233 g/mol. The number of rotatable bonds is 2. The molecule has 3 heteroatoms. The number of anilines is 1. The molecule has 1 heterocycles. The molecule has 0 aliphatic carbocycles. The molecule has 0 amide bonds. The average molecular weight is 233 g/mol. The van der Waals surface area contributed by atoms with Gasteiger partial charge in [-0.15, -0.1) is 0 Å². The summed E-state index contributed by atoms with van der Waals surface area (Å²) in [5.74, 6) is -0.847. The normalized spacial score (nSPS) is 20.4. The number of aryl methyl sites for hydroxylation is 1. The molecule has 1 aliphatic rings. The van der Waals surface area contributed by atoms with Gasteiger partial charge in [-0.3, -0.25) is 0 Å². The zero-order valence-corrected chi connectivity index (χ0v) is 10.4. The van der Waals surface area contributed by atoms with Gasteiger partial charge in [-0.25, -0.2) is 4.79 Å². The number of carboxylic acid groups (broad SMARTS) is 1. The number of piperidine rings is 1. The van der Waals surface area contributed by atoms with Crippen molar-refractivity contribution in [3.8, 4) is 0 Å². The lowest BCUT2D eigenvalue weighted by Crippen LogP contribution is -2.37. The summed E-state index contributed by atoms with van der Waals surface area (Å²) in [6, 6.07) is 6.19. The SMILES string of the molecule is Cc1cc(N2CCCCC2C)ccc1C(=O)O. The zero-order chi connectivity index (χ0) is 12.4. The molecule has 0 radical (unpaired) electrons. The van der Waals surface area contributed by atoms with Gasteiger partial charge in [-0.05, 0) is 56.9 Å². The zero-order valence-electron chi connectivity index (χ0n) is 10.4. The molecule has 1 aromatic rings. The molecule has 1 fully saturated rings. The van der Waals surface area contributed by atoms with Crippen LogP contribution >= 0.6 is 0 Å². The second-order valence-corrected chi connectivity index (χ2v) is 4.84. The van der Waals surface area contributed by atoms with Crippen LogP contribution in [0, 0.1) is 6.92 Å². The predicted octanol–water partition coefficient (Wildman–Crippen LogP) is 3.07. The van der Waals surface area contributed by atoms with Crippen LogP contribution in [-0.4, -0.2) is 23.7 Å². The van der Waals surface area contributed by atoms with Gasteiger partial charge in [0.2, 0.25) is 0 Å². The third-order valence-electron chi connectivity index (χ3n) is 3.58. The lowest BCUT2D eigenvalue weighted by Gasteiger charge is -2.35. The first-order valence-electron chi connectivity index (χ1n) is 6.20. The first-order chi connectivity index (χ1) is 8.09. The molecule has 1 aliphatic heterocycles. The van der Waals surface area contributed by atoms with Crippen LogP contribution in [0.25, 0.3) is 0 Å². The number of nitrogens with zero attached hydrogens (tertiary/aromatic N) is 1. The van der Waals surface area contributed by atoms with Gasteiger partial charge in [-0.1, -0.05) is 0 Å². The first-order valence-corrected chi connectivity index (χ1v) is 6.20. The number of carboxylic acids is 1. The van der Waals surface area contributed by atoms with E-state index in [-0.39, 0.29) is 0 Å². The van der Waals surface area contributed by atoms with E-state index in [1.165, 1.54) is 19.3 Å². The molecule has 3 nitrogen and oxygen atoms in total. The lowest BCUT2D eigenvalue weighted by molar-refractivity contribution is 0.0696. The van der Waals surface area contributed by atoms with Gasteiger partial charge in [0.1, 0.15) is 0 Å². The van der Waals surface area contributed by atoms with Crippen LogP contribution in [0.4, 0.5) is 5.69 Å². The molecule has 1 N–H and O–H groups in total. The van der Waals surface area contributed by atoms with Crippen LogP contribution in [-0.2, 0) is 0 Å². The molecule has 0 saturated carbocycles. The van der Waals surface area contributed by atoms with E-state index < -0.39 is 5.97 Å². The fourth-order valence-electron chi connectivity index (χ4n) is 2.55. The Hall–Kier alpha value is -1.51. The quantitative estimate of drug-likeness (QED) is 0.853. The minimum Gasteiger partial charge on any atom is -0.478 e. The van der Waals surface area contributed by atoms with Gasteiger partial charge < -0.3 is 10.0 Å². The Morgan fingerprint density at radius 3 is 2.76 bits per heavy atom. The predicted molar refractivity (Wildman–Crippen MR) is 68.8 cm³/mol. The minimum absolute atomic E-state index is 0.401. The second-order valence-electron chi connectivity index (χ2n) is 4.84. The van der Waals surface area contributed by atoms with Crippen molar-refractivity contribution in [3.05, 3.63) is 29.3 Å². The van der Waals surface area contributed by atoms with E-state index >= 15 is 0 Å². The van der Waals surface area contributed by atoms with Crippen LogP contribution in [0.1, 0.15) is 42.1 Å². The first kappa shape index (κ1) is 12.0. The summed E-state index contributed by atoms with van der Waals surface area (Å²) >= 11 is 0. The molecular formula is C14H19NO2. The largest absolute Gasteiger partial charge is 0.478 e. The van der Waals surface area contributed by atoms with E-state index in [1.54, 1.807) is 6.07 Å². The van der Waals surface area contributed by atoms with Crippen molar-refractivity contribution in [2.45, 2.75) is 39.2 Å². The van der Waals surface area contributed by atoms with Crippen molar-refractivity contribution in [1.82, 2.24) is 0 Å². The summed E-state index contributed by atoms with van der Waals surface area (Å²) in [6.07, 6.45) is 3.74. The maximum Gasteiger partial charge on any atom is 0.335 e. The number of carbonyl (C=O) groups is 1. The Kier molecular flexibility index (Phi) is 3.36. The van der Waals surface area contributed by atoms with Gasteiger partial charge in [0, 0.05) is 18.3 Å². The Balaban J connectivity index is 2.27. The molecule has 0 aromatic heterocycles. The fraction of sp³-hybridized carbons (Fsp3) is 0.500. The highest BCUT2D eigenvalue weighted by Crippen LogP contribution is 2.26. The fourth-order valence-corrected chi connectivity index (χ4v) is 2.55. The van der Waals surface area contributed by atoms with E-state index in [1.807, 2.05) is 19.1 Å². The Morgan fingerprint density at radius 2 is 2.18 bits per heavy atom. The lowest BCUT2D eigenvalue weighted by atomic mass is 10.0. The molecule has 1 atom stereocenters. The van der Waals surface area contributed by atoms with E-state index in [0.29, 0.717) is 11.6 Å². The van der Waals surface area contributed by atoms with Gasteiger partial charge in [0.25, 0.3) is 0 Å². The van der Waals surface area contributed by atoms with E-state index in [9.17, 15) is 4.79 Å². The van der Waals surface area contributed by atoms with Crippen molar-refractivity contribution in [2.24, 2.45) is 0 Å². The van der Waals surface area contributed by atoms with Gasteiger partial charge in [0.15, 0.2) is 0 Å². The maximum atomic E-state index is 11.0. The summed E-state index contributed by atoms with van der Waals surface area (Å²) in [6.45, 7) is 5.17. The summed E-state index contributed by atoms with van der Waals surface area (Å²) in [5.41, 5.74) is 2.39. The summed E-state index contributed by atoms with van der Waals surface area (Å²) in [4.78, 5) is 13.3. The molecule has 2 rings (SSSR count). The van der Waals surface area contributed by atoms with Gasteiger partial charge in [0.05, 0.1) is 5.56 Å². The molecule has 1 saturated heterocycles. The topological polar surface area (TPSA) is 40.5 Å². The average Bonchev–Trinajstić information content (AvgIpc) is 2.29. The van der Waals surface area contributed by atoms with Crippen molar-refractivity contribution < 1.29 is 9.90 Å². The van der Waals surface area contributed by atoms with Crippen LogP contribution in [0.2, 0.25) is 0 Å². The van der Waals surface area contributed by atoms with E-state index in [0.717, 1.165) is 17.8 Å². The second kappa shape index (κ2) is 4.78. The van der Waals surface area contributed by atoms with Crippen LogP contribution in [0.3, 0.4) is 0 Å². The molecule has 92 valence electrons. The number of hydrogen-bond acceptors (Lipinski definition) is 2. The van der Waals surface area contributed by atoms with Crippen LogP contribution in [0.5, 0.6) is 0 Å². The third-order valence-corrected chi connectivity index (χ3v) is 3.58. The third kappa shape index (κ3) is 2.43. The van der Waals surface area contributed by atoms with Crippen molar-refractivity contribution >= 4 is 11.7 Å². The van der Waals surface area contributed by atoms with E-state index in [4.69, 9.17) is 5.11 Å². The van der Waals surface area contributed by atoms with Crippen molar-refractivity contribution in [2.75, 3.05) is 11.4 Å². The van der Waals surface area contributed by atoms with E-state index in [2.05, 4.69) is 11.8 Å². The molecule has 17 heavy (non-hydrogen) atoms. The molecule has 1 unspecified atom stereocenters. The number of aromatic carboxylic acids is 1. The van der Waals surface area contributed by atoms with Gasteiger partial charge >= 0.3 is 5.97 Å². The highest BCUT2D eigenvalue weighted by atomic mass is 16.4. The number of benzene rings is 1. The smallest absolute Gasteiger partial charge is 0.335 e. The molecule has 0 spiro atoms. The van der Waals surface area contributed by atoms with Gasteiger partial charge in [-0.2, -0.15) is 0 Å². The van der Waals surface area contributed by atoms with Crippen molar-refractivity contribution in [1.29, 1.82) is 0 Å². The molecule has 1 aromatic carbocycles. The summed E-state index contributed by atoms with van der Waals surface area (Å²) in [5, 5.41) is 9.01.